The monoisotopic (exact) mass is 275 g/mol. The molecule has 0 saturated carbocycles. The van der Waals surface area contributed by atoms with E-state index >= 15 is 0 Å². The molecule has 2 heterocycles. The van der Waals surface area contributed by atoms with Gasteiger partial charge < -0.3 is 20.3 Å². The largest absolute Gasteiger partial charge is 0.378 e. The van der Waals surface area contributed by atoms with E-state index in [1.807, 2.05) is 24.3 Å². The predicted molar refractivity (Wildman–Crippen MR) is 78.2 cm³/mol. The third kappa shape index (κ3) is 3.11. The summed E-state index contributed by atoms with van der Waals surface area (Å²) in [5.41, 5.74) is 1.89. The molecule has 2 saturated heterocycles. The van der Waals surface area contributed by atoms with Crippen LogP contribution in [0.25, 0.3) is 0 Å². The topological polar surface area (TPSA) is 53.6 Å². The van der Waals surface area contributed by atoms with E-state index in [0.29, 0.717) is 5.92 Å². The Hall–Kier alpha value is -1.59. The number of carbonyl (C=O) groups is 1. The molecular formula is C15H21N3O2. The molecule has 0 atom stereocenters. The molecule has 5 heteroatoms. The van der Waals surface area contributed by atoms with Gasteiger partial charge in [0.25, 0.3) is 5.91 Å². The number of rotatable bonds is 4. The summed E-state index contributed by atoms with van der Waals surface area (Å²) in [6.45, 7) is 6.17. The third-order valence-electron chi connectivity index (χ3n) is 3.92. The molecule has 108 valence electrons. The Balaban J connectivity index is 1.55. The SMILES string of the molecule is O=C(NCC1CNC1)c1ccc(N2CCOCC2)cc1. The van der Waals surface area contributed by atoms with Crippen molar-refractivity contribution >= 4 is 11.6 Å². The lowest BCUT2D eigenvalue weighted by molar-refractivity contribution is 0.0942. The molecule has 1 amide bonds. The minimum absolute atomic E-state index is 0.0189. The van der Waals surface area contributed by atoms with Gasteiger partial charge in [-0.05, 0) is 24.3 Å². The molecule has 20 heavy (non-hydrogen) atoms. The van der Waals surface area contributed by atoms with E-state index in [9.17, 15) is 4.79 Å². The van der Waals surface area contributed by atoms with Gasteiger partial charge in [-0.15, -0.1) is 0 Å². The Morgan fingerprint density at radius 2 is 1.95 bits per heavy atom. The highest BCUT2D eigenvalue weighted by atomic mass is 16.5. The molecule has 0 radical (unpaired) electrons. The van der Waals surface area contributed by atoms with Gasteiger partial charge in [0.15, 0.2) is 0 Å². The highest BCUT2D eigenvalue weighted by Gasteiger charge is 2.18. The molecule has 0 unspecified atom stereocenters. The van der Waals surface area contributed by atoms with Gasteiger partial charge in [0, 0.05) is 49.9 Å². The van der Waals surface area contributed by atoms with E-state index in [4.69, 9.17) is 4.74 Å². The lowest BCUT2D eigenvalue weighted by Gasteiger charge is -2.29. The first kappa shape index (κ1) is 13.4. The van der Waals surface area contributed by atoms with E-state index in [2.05, 4.69) is 15.5 Å². The third-order valence-corrected chi connectivity index (χ3v) is 3.92. The van der Waals surface area contributed by atoms with E-state index < -0.39 is 0 Å². The number of anilines is 1. The highest BCUT2D eigenvalue weighted by Crippen LogP contribution is 2.16. The summed E-state index contributed by atoms with van der Waals surface area (Å²) < 4.78 is 5.34. The van der Waals surface area contributed by atoms with Gasteiger partial charge in [0.1, 0.15) is 0 Å². The Kier molecular flexibility index (Phi) is 4.18. The molecule has 2 aliphatic heterocycles. The average Bonchev–Trinajstić information content (AvgIpc) is 2.46. The van der Waals surface area contributed by atoms with Crippen molar-refractivity contribution in [1.82, 2.24) is 10.6 Å². The second kappa shape index (κ2) is 6.24. The van der Waals surface area contributed by atoms with E-state index in [1.54, 1.807) is 0 Å². The number of amides is 1. The maximum atomic E-state index is 12.0. The van der Waals surface area contributed by atoms with Crippen LogP contribution in [0.3, 0.4) is 0 Å². The van der Waals surface area contributed by atoms with Gasteiger partial charge in [0.2, 0.25) is 0 Å². The normalized spacial score (nSPS) is 19.5. The van der Waals surface area contributed by atoms with Crippen molar-refractivity contribution in [3.8, 4) is 0 Å². The Bertz CT molecular complexity index is 451. The second-order valence-corrected chi connectivity index (χ2v) is 5.38. The molecule has 2 aliphatic rings. The van der Waals surface area contributed by atoms with Crippen molar-refractivity contribution < 1.29 is 9.53 Å². The molecule has 5 nitrogen and oxygen atoms in total. The fraction of sp³-hybridized carbons (Fsp3) is 0.533. The van der Waals surface area contributed by atoms with Crippen molar-refractivity contribution in [2.75, 3.05) is 50.8 Å². The van der Waals surface area contributed by atoms with Crippen LogP contribution >= 0.6 is 0 Å². The first-order chi connectivity index (χ1) is 9.83. The minimum atomic E-state index is 0.0189. The number of hydrogen-bond acceptors (Lipinski definition) is 4. The Morgan fingerprint density at radius 1 is 1.25 bits per heavy atom. The number of nitrogens with one attached hydrogen (secondary N) is 2. The van der Waals surface area contributed by atoms with Crippen molar-refractivity contribution in [3.63, 3.8) is 0 Å². The Labute approximate surface area is 119 Å². The zero-order valence-electron chi connectivity index (χ0n) is 11.6. The quantitative estimate of drug-likeness (QED) is 0.839. The molecule has 0 aliphatic carbocycles. The number of benzene rings is 1. The number of morpholine rings is 1. The van der Waals surface area contributed by atoms with Crippen LogP contribution in [-0.2, 0) is 4.74 Å². The average molecular weight is 275 g/mol. The van der Waals surface area contributed by atoms with E-state index in [1.165, 1.54) is 0 Å². The van der Waals surface area contributed by atoms with Crippen LogP contribution in [0.5, 0.6) is 0 Å². The molecule has 3 rings (SSSR count). The van der Waals surface area contributed by atoms with Crippen LogP contribution in [0.4, 0.5) is 5.69 Å². The van der Waals surface area contributed by atoms with Gasteiger partial charge in [-0.25, -0.2) is 0 Å². The maximum absolute atomic E-state index is 12.0. The van der Waals surface area contributed by atoms with Gasteiger partial charge in [0.05, 0.1) is 13.2 Å². The lowest BCUT2D eigenvalue weighted by Crippen LogP contribution is -2.48. The molecule has 0 bridgehead atoms. The van der Waals surface area contributed by atoms with E-state index in [-0.39, 0.29) is 5.91 Å². The number of hydrogen-bond donors (Lipinski definition) is 2. The number of nitrogens with zero attached hydrogens (tertiary/aromatic N) is 1. The summed E-state index contributed by atoms with van der Waals surface area (Å²) in [6.07, 6.45) is 0. The van der Waals surface area contributed by atoms with Crippen LogP contribution in [0, 0.1) is 5.92 Å². The molecule has 1 aromatic rings. The summed E-state index contributed by atoms with van der Waals surface area (Å²) in [6, 6.07) is 7.84. The zero-order chi connectivity index (χ0) is 13.8. The van der Waals surface area contributed by atoms with Crippen LogP contribution in [0.2, 0.25) is 0 Å². The van der Waals surface area contributed by atoms with Gasteiger partial charge in [-0.1, -0.05) is 0 Å². The van der Waals surface area contributed by atoms with Crippen LogP contribution in [0.15, 0.2) is 24.3 Å². The lowest BCUT2D eigenvalue weighted by atomic mass is 10.0. The van der Waals surface area contributed by atoms with Crippen molar-refractivity contribution in [3.05, 3.63) is 29.8 Å². The van der Waals surface area contributed by atoms with Gasteiger partial charge >= 0.3 is 0 Å². The first-order valence-corrected chi connectivity index (χ1v) is 7.24. The van der Waals surface area contributed by atoms with Crippen molar-refractivity contribution in [1.29, 1.82) is 0 Å². The van der Waals surface area contributed by atoms with Crippen molar-refractivity contribution in [2.24, 2.45) is 5.92 Å². The fourth-order valence-corrected chi connectivity index (χ4v) is 2.48. The van der Waals surface area contributed by atoms with Crippen LogP contribution in [0.1, 0.15) is 10.4 Å². The molecule has 0 spiro atoms. The molecule has 2 N–H and O–H groups in total. The summed E-state index contributed by atoms with van der Waals surface area (Å²) >= 11 is 0. The molecular weight excluding hydrogens is 254 g/mol. The van der Waals surface area contributed by atoms with Gasteiger partial charge in [-0.2, -0.15) is 0 Å². The predicted octanol–water partition coefficient (Wildman–Crippen LogP) is 0.472. The first-order valence-electron chi connectivity index (χ1n) is 7.24. The van der Waals surface area contributed by atoms with E-state index in [0.717, 1.165) is 57.2 Å². The zero-order valence-corrected chi connectivity index (χ0v) is 11.6. The Morgan fingerprint density at radius 3 is 2.55 bits per heavy atom. The number of ether oxygens (including phenoxy) is 1. The summed E-state index contributed by atoms with van der Waals surface area (Å²) in [7, 11) is 0. The summed E-state index contributed by atoms with van der Waals surface area (Å²) in [5.74, 6) is 0.608. The minimum Gasteiger partial charge on any atom is -0.378 e. The van der Waals surface area contributed by atoms with Crippen molar-refractivity contribution in [2.45, 2.75) is 0 Å². The van der Waals surface area contributed by atoms with Gasteiger partial charge in [-0.3, -0.25) is 4.79 Å². The highest BCUT2D eigenvalue weighted by molar-refractivity contribution is 5.94. The fourth-order valence-electron chi connectivity index (χ4n) is 2.48. The summed E-state index contributed by atoms with van der Waals surface area (Å²) in [5, 5.41) is 6.19. The summed E-state index contributed by atoms with van der Waals surface area (Å²) in [4.78, 5) is 14.3. The molecule has 2 fully saturated rings. The standard InChI is InChI=1S/C15H21N3O2/c19-15(17-11-12-9-16-10-12)13-1-3-14(4-2-13)18-5-7-20-8-6-18/h1-4,12,16H,5-11H2,(H,17,19). The molecule has 0 aromatic heterocycles. The molecule has 1 aromatic carbocycles. The maximum Gasteiger partial charge on any atom is 0.251 e. The van der Waals surface area contributed by atoms with Crippen LogP contribution in [-0.4, -0.2) is 51.8 Å². The second-order valence-electron chi connectivity index (χ2n) is 5.38. The smallest absolute Gasteiger partial charge is 0.251 e. The van der Waals surface area contributed by atoms with Crippen LogP contribution < -0.4 is 15.5 Å². The number of carbonyl (C=O) groups excluding carboxylic acids is 1.